The Bertz CT molecular complexity index is 995. The van der Waals surface area contributed by atoms with E-state index in [0.717, 1.165) is 27.7 Å². The van der Waals surface area contributed by atoms with Crippen LogP contribution in [0.1, 0.15) is 38.7 Å². The summed E-state index contributed by atoms with van der Waals surface area (Å²) >= 11 is 1.71. The number of anilines is 1. The molecule has 0 aliphatic heterocycles. The number of carbonyl (C=O) groups excluding carboxylic acids is 1. The molecule has 4 nitrogen and oxygen atoms in total. The molecule has 0 radical (unpaired) electrons. The molecule has 5 heteroatoms. The predicted octanol–water partition coefficient (Wildman–Crippen LogP) is 4.60. The van der Waals surface area contributed by atoms with Crippen LogP contribution in [0.3, 0.4) is 0 Å². The van der Waals surface area contributed by atoms with Gasteiger partial charge in [-0.15, -0.1) is 11.3 Å². The molecule has 0 bridgehead atoms. The number of nitrogens with one attached hydrogen (secondary N) is 1. The van der Waals surface area contributed by atoms with Crippen LogP contribution in [0.2, 0.25) is 0 Å². The summed E-state index contributed by atoms with van der Waals surface area (Å²) in [5.74, 6) is 1.50. The number of aromatic nitrogens is 1. The number of thiazole rings is 1. The van der Waals surface area contributed by atoms with Gasteiger partial charge >= 0.3 is 0 Å². The van der Waals surface area contributed by atoms with Crippen LogP contribution in [0.5, 0.6) is 0 Å². The average Bonchev–Trinajstić information content (AvgIpc) is 3.13. The summed E-state index contributed by atoms with van der Waals surface area (Å²) in [5.41, 5.74) is 4.21. The first-order chi connectivity index (χ1) is 14.0. The van der Waals surface area contributed by atoms with Gasteiger partial charge in [0.1, 0.15) is 5.01 Å². The Kier molecular flexibility index (Phi) is 5.97. The average molecular weight is 409 g/mol. The van der Waals surface area contributed by atoms with E-state index in [1.807, 2.05) is 24.3 Å². The van der Waals surface area contributed by atoms with E-state index in [0.29, 0.717) is 18.5 Å². The summed E-state index contributed by atoms with van der Waals surface area (Å²) in [6.45, 7) is 7.24. The SMILES string of the molecule is Cc1ccc2nc(-c3ccc(NC(=O)C[NH2+][C@H]4CCC[C@@H](C)[C@H]4C)cc3)sc2c1. The fourth-order valence-corrected chi connectivity index (χ4v) is 5.35. The van der Waals surface area contributed by atoms with Crippen LogP contribution in [0.25, 0.3) is 20.8 Å². The third kappa shape index (κ3) is 4.68. The quantitative estimate of drug-likeness (QED) is 0.648. The number of nitrogens with zero attached hydrogens (tertiary/aromatic N) is 1. The molecule has 3 N–H and O–H groups in total. The normalized spacial score (nSPS) is 22.0. The van der Waals surface area contributed by atoms with E-state index >= 15 is 0 Å². The second-order valence-electron chi connectivity index (χ2n) is 8.49. The van der Waals surface area contributed by atoms with Crippen molar-refractivity contribution >= 4 is 33.1 Å². The molecule has 0 unspecified atom stereocenters. The second kappa shape index (κ2) is 8.64. The zero-order chi connectivity index (χ0) is 20.4. The third-order valence-corrected chi connectivity index (χ3v) is 7.40. The van der Waals surface area contributed by atoms with Crippen LogP contribution in [0, 0.1) is 18.8 Å². The van der Waals surface area contributed by atoms with E-state index in [9.17, 15) is 4.79 Å². The van der Waals surface area contributed by atoms with Gasteiger partial charge in [-0.05, 0) is 74.1 Å². The van der Waals surface area contributed by atoms with Crippen LogP contribution < -0.4 is 10.6 Å². The van der Waals surface area contributed by atoms with Crippen LogP contribution in [-0.2, 0) is 4.79 Å². The van der Waals surface area contributed by atoms with Crippen LogP contribution in [0.15, 0.2) is 42.5 Å². The molecule has 1 amide bonds. The highest BCUT2D eigenvalue weighted by Gasteiger charge is 2.29. The van der Waals surface area contributed by atoms with Crippen LogP contribution in [-0.4, -0.2) is 23.5 Å². The van der Waals surface area contributed by atoms with Crippen molar-refractivity contribution in [2.45, 2.75) is 46.1 Å². The Balaban J connectivity index is 1.35. The van der Waals surface area contributed by atoms with E-state index in [-0.39, 0.29) is 5.91 Å². The fourth-order valence-electron chi connectivity index (χ4n) is 4.28. The molecule has 0 saturated heterocycles. The first kappa shape index (κ1) is 20.0. The minimum absolute atomic E-state index is 0.0682. The number of aryl methyl sites for hydroxylation is 1. The number of hydrogen-bond acceptors (Lipinski definition) is 3. The van der Waals surface area contributed by atoms with E-state index in [2.05, 4.69) is 49.6 Å². The molecule has 1 aliphatic carbocycles. The first-order valence-corrected chi connectivity index (χ1v) is 11.4. The van der Waals surface area contributed by atoms with Crippen molar-refractivity contribution in [3.63, 3.8) is 0 Å². The zero-order valence-corrected chi connectivity index (χ0v) is 18.3. The molecule has 1 heterocycles. The summed E-state index contributed by atoms with van der Waals surface area (Å²) < 4.78 is 1.21. The topological polar surface area (TPSA) is 58.6 Å². The minimum Gasteiger partial charge on any atom is -0.336 e. The highest BCUT2D eigenvalue weighted by molar-refractivity contribution is 7.21. The smallest absolute Gasteiger partial charge is 0.279 e. The van der Waals surface area contributed by atoms with Crippen LogP contribution >= 0.6 is 11.3 Å². The van der Waals surface area contributed by atoms with Crippen molar-refractivity contribution in [3.8, 4) is 10.6 Å². The van der Waals surface area contributed by atoms with Gasteiger partial charge in [-0.3, -0.25) is 4.79 Å². The van der Waals surface area contributed by atoms with Gasteiger partial charge in [-0.25, -0.2) is 4.98 Å². The maximum absolute atomic E-state index is 12.4. The van der Waals surface area contributed by atoms with Crippen molar-refractivity contribution in [2.24, 2.45) is 11.8 Å². The highest BCUT2D eigenvalue weighted by atomic mass is 32.1. The lowest BCUT2D eigenvalue weighted by molar-refractivity contribution is -0.688. The Hall–Kier alpha value is -2.24. The number of nitrogens with two attached hydrogens (primary N) is 1. The molecule has 3 aromatic rings. The number of benzene rings is 2. The monoisotopic (exact) mass is 408 g/mol. The molecule has 3 atom stereocenters. The summed E-state index contributed by atoms with van der Waals surface area (Å²) in [4.78, 5) is 17.1. The van der Waals surface area contributed by atoms with Crippen molar-refractivity contribution in [2.75, 3.05) is 11.9 Å². The Morgan fingerprint density at radius 3 is 2.76 bits per heavy atom. The van der Waals surface area contributed by atoms with Gasteiger partial charge in [0, 0.05) is 17.2 Å². The van der Waals surface area contributed by atoms with Gasteiger partial charge in [0.2, 0.25) is 0 Å². The molecule has 1 aromatic heterocycles. The van der Waals surface area contributed by atoms with Crippen molar-refractivity contribution < 1.29 is 10.1 Å². The summed E-state index contributed by atoms with van der Waals surface area (Å²) in [6.07, 6.45) is 3.81. The molecular formula is C24H30N3OS+. The summed E-state index contributed by atoms with van der Waals surface area (Å²) in [6, 6.07) is 14.9. The van der Waals surface area contributed by atoms with Gasteiger partial charge in [0.25, 0.3) is 5.91 Å². The number of amides is 1. The van der Waals surface area contributed by atoms with Crippen molar-refractivity contribution in [3.05, 3.63) is 48.0 Å². The predicted molar refractivity (Wildman–Crippen MR) is 121 cm³/mol. The number of rotatable bonds is 5. The minimum atomic E-state index is 0.0682. The van der Waals surface area contributed by atoms with Gasteiger partial charge < -0.3 is 10.6 Å². The Morgan fingerprint density at radius 2 is 1.97 bits per heavy atom. The summed E-state index contributed by atoms with van der Waals surface area (Å²) in [7, 11) is 0. The van der Waals surface area contributed by atoms with Crippen molar-refractivity contribution in [1.82, 2.24) is 4.98 Å². The van der Waals surface area contributed by atoms with Crippen LogP contribution in [0.4, 0.5) is 5.69 Å². The van der Waals surface area contributed by atoms with E-state index in [4.69, 9.17) is 4.98 Å². The molecule has 2 aromatic carbocycles. The highest BCUT2D eigenvalue weighted by Crippen LogP contribution is 2.31. The fraction of sp³-hybridized carbons (Fsp3) is 0.417. The lowest BCUT2D eigenvalue weighted by Gasteiger charge is -2.31. The number of carbonyl (C=O) groups is 1. The molecule has 152 valence electrons. The molecule has 1 aliphatic rings. The third-order valence-electron chi connectivity index (χ3n) is 6.34. The molecule has 1 saturated carbocycles. The summed E-state index contributed by atoms with van der Waals surface area (Å²) in [5, 5.41) is 6.27. The van der Waals surface area contributed by atoms with E-state index < -0.39 is 0 Å². The number of hydrogen-bond donors (Lipinski definition) is 2. The second-order valence-corrected chi connectivity index (χ2v) is 9.52. The molecule has 0 spiro atoms. The standard InChI is InChI=1S/C24H29N3OS/c1-15-7-12-21-22(13-15)29-24(27-21)18-8-10-19(11-9-18)26-23(28)14-25-20-6-4-5-16(2)17(20)3/h7-13,16-17,20,25H,4-6,14H2,1-3H3,(H,26,28)/p+1/t16-,17-,20+/m1/s1. The van der Waals surface area contributed by atoms with Gasteiger partial charge in [0.15, 0.2) is 6.54 Å². The number of quaternary nitrogens is 1. The van der Waals surface area contributed by atoms with Gasteiger partial charge in [0.05, 0.1) is 16.3 Å². The van der Waals surface area contributed by atoms with Crippen molar-refractivity contribution in [1.29, 1.82) is 0 Å². The molecule has 29 heavy (non-hydrogen) atoms. The lowest BCUT2D eigenvalue weighted by Crippen LogP contribution is -2.93. The maximum atomic E-state index is 12.4. The lowest BCUT2D eigenvalue weighted by atomic mass is 9.78. The van der Waals surface area contributed by atoms with Gasteiger partial charge in [-0.2, -0.15) is 0 Å². The first-order valence-electron chi connectivity index (χ1n) is 10.6. The number of fused-ring (bicyclic) bond motifs is 1. The molecule has 4 rings (SSSR count). The Morgan fingerprint density at radius 1 is 1.17 bits per heavy atom. The van der Waals surface area contributed by atoms with E-state index in [1.54, 1.807) is 11.3 Å². The molecular weight excluding hydrogens is 378 g/mol. The maximum Gasteiger partial charge on any atom is 0.279 e. The van der Waals surface area contributed by atoms with E-state index in [1.165, 1.54) is 29.5 Å². The zero-order valence-electron chi connectivity index (χ0n) is 17.4. The Labute approximate surface area is 176 Å². The largest absolute Gasteiger partial charge is 0.336 e. The molecule has 1 fully saturated rings. The van der Waals surface area contributed by atoms with Gasteiger partial charge in [-0.1, -0.05) is 19.9 Å².